The summed E-state index contributed by atoms with van der Waals surface area (Å²) < 4.78 is 0. The van der Waals surface area contributed by atoms with Gasteiger partial charge in [-0.2, -0.15) is 0 Å². The van der Waals surface area contributed by atoms with Crippen LogP contribution in [0.15, 0.2) is 0 Å². The summed E-state index contributed by atoms with van der Waals surface area (Å²) in [6, 6.07) is 0.224. The van der Waals surface area contributed by atoms with Gasteiger partial charge in [-0.25, -0.2) is 0 Å². The third-order valence-corrected chi connectivity index (χ3v) is 2.07. The van der Waals surface area contributed by atoms with E-state index in [-0.39, 0.29) is 12.0 Å². The summed E-state index contributed by atoms with van der Waals surface area (Å²) >= 11 is 0. The number of nitrogens with zero attached hydrogens (tertiary/aromatic N) is 1. The molecule has 0 spiro atoms. The lowest BCUT2D eigenvalue weighted by Gasteiger charge is -2.09. The molecule has 2 atom stereocenters. The summed E-state index contributed by atoms with van der Waals surface area (Å²) in [7, 11) is 4.01. The van der Waals surface area contributed by atoms with Crippen molar-refractivity contribution in [3.05, 3.63) is 0 Å². The second-order valence-electron chi connectivity index (χ2n) is 3.54. The molecular weight excluding hydrogens is 156 g/mol. The average Bonchev–Trinajstić information content (AvgIpc) is 2.66. The Bertz CT molecular complexity index is 170. The maximum atomic E-state index is 10.4. The molecule has 12 heavy (non-hydrogen) atoms. The van der Waals surface area contributed by atoms with Gasteiger partial charge in [0.05, 0.1) is 5.92 Å². The zero-order valence-corrected chi connectivity index (χ0v) is 7.58. The van der Waals surface area contributed by atoms with Crippen molar-refractivity contribution in [1.82, 2.24) is 10.2 Å². The van der Waals surface area contributed by atoms with Crippen LogP contribution >= 0.6 is 0 Å². The van der Waals surface area contributed by atoms with E-state index in [1.54, 1.807) is 0 Å². The van der Waals surface area contributed by atoms with E-state index in [1.165, 1.54) is 0 Å². The molecule has 0 saturated heterocycles. The van der Waals surface area contributed by atoms with Gasteiger partial charge < -0.3 is 15.3 Å². The minimum absolute atomic E-state index is 0.132. The third kappa shape index (κ3) is 2.79. The molecule has 1 aliphatic carbocycles. The van der Waals surface area contributed by atoms with E-state index in [0.29, 0.717) is 0 Å². The summed E-state index contributed by atoms with van der Waals surface area (Å²) in [5.74, 6) is -0.801. The maximum absolute atomic E-state index is 10.4. The predicted molar refractivity (Wildman–Crippen MR) is 46.1 cm³/mol. The lowest BCUT2D eigenvalue weighted by Crippen LogP contribution is -2.29. The van der Waals surface area contributed by atoms with Gasteiger partial charge in [0.1, 0.15) is 0 Å². The van der Waals surface area contributed by atoms with Crippen LogP contribution in [0.4, 0.5) is 0 Å². The second-order valence-corrected chi connectivity index (χ2v) is 3.54. The number of carboxylic acids is 1. The number of rotatable bonds is 5. The van der Waals surface area contributed by atoms with Crippen LogP contribution in [0.2, 0.25) is 0 Å². The number of carbonyl (C=O) groups is 1. The maximum Gasteiger partial charge on any atom is 0.308 e. The average molecular weight is 172 g/mol. The monoisotopic (exact) mass is 172 g/mol. The SMILES string of the molecule is CN(C)CCNC1CC1C(=O)O. The van der Waals surface area contributed by atoms with Gasteiger partial charge in [-0.15, -0.1) is 0 Å². The molecule has 0 amide bonds. The highest BCUT2D eigenvalue weighted by Crippen LogP contribution is 2.29. The molecular formula is C8H16N2O2. The van der Waals surface area contributed by atoms with Crippen LogP contribution in [-0.2, 0) is 4.79 Å². The molecule has 2 N–H and O–H groups in total. The fourth-order valence-electron chi connectivity index (χ4n) is 1.17. The van der Waals surface area contributed by atoms with Crippen molar-refractivity contribution in [2.24, 2.45) is 5.92 Å². The molecule has 1 rings (SSSR count). The van der Waals surface area contributed by atoms with Gasteiger partial charge in [-0.3, -0.25) is 4.79 Å². The first-order chi connectivity index (χ1) is 5.61. The number of aliphatic carboxylic acids is 1. The molecule has 0 radical (unpaired) electrons. The van der Waals surface area contributed by atoms with Crippen LogP contribution in [0, 0.1) is 5.92 Å². The predicted octanol–water partition coefficient (Wildman–Crippen LogP) is -0.389. The molecule has 4 heteroatoms. The Balaban J connectivity index is 2.01. The number of likely N-dealkylation sites (N-methyl/N-ethyl adjacent to an activating group) is 1. The van der Waals surface area contributed by atoms with Crippen LogP contribution in [0.3, 0.4) is 0 Å². The van der Waals surface area contributed by atoms with E-state index in [0.717, 1.165) is 19.5 Å². The molecule has 4 nitrogen and oxygen atoms in total. The van der Waals surface area contributed by atoms with E-state index >= 15 is 0 Å². The van der Waals surface area contributed by atoms with Crippen LogP contribution in [0.25, 0.3) is 0 Å². The second kappa shape index (κ2) is 3.87. The molecule has 0 aromatic heterocycles. The Morgan fingerprint density at radius 1 is 1.67 bits per heavy atom. The highest BCUT2D eigenvalue weighted by molar-refractivity contribution is 5.74. The smallest absolute Gasteiger partial charge is 0.308 e. The van der Waals surface area contributed by atoms with E-state index in [9.17, 15) is 4.79 Å². The van der Waals surface area contributed by atoms with E-state index in [2.05, 4.69) is 10.2 Å². The molecule has 1 fully saturated rings. The van der Waals surface area contributed by atoms with Crippen molar-refractivity contribution in [3.63, 3.8) is 0 Å². The van der Waals surface area contributed by atoms with Crippen molar-refractivity contribution in [1.29, 1.82) is 0 Å². The summed E-state index contributed by atoms with van der Waals surface area (Å²) in [5, 5.41) is 11.8. The summed E-state index contributed by atoms with van der Waals surface area (Å²) in [6.07, 6.45) is 0.794. The number of hydrogen-bond acceptors (Lipinski definition) is 3. The fraction of sp³-hybridized carbons (Fsp3) is 0.875. The minimum atomic E-state index is -0.669. The first-order valence-electron chi connectivity index (χ1n) is 4.22. The van der Waals surface area contributed by atoms with Crippen molar-refractivity contribution in [2.45, 2.75) is 12.5 Å². The van der Waals surface area contributed by atoms with E-state index in [1.807, 2.05) is 14.1 Å². The van der Waals surface area contributed by atoms with Gasteiger partial charge in [0.25, 0.3) is 0 Å². The minimum Gasteiger partial charge on any atom is -0.481 e. The van der Waals surface area contributed by atoms with Crippen LogP contribution in [0.5, 0.6) is 0 Å². The van der Waals surface area contributed by atoms with Gasteiger partial charge in [0, 0.05) is 19.1 Å². The van der Waals surface area contributed by atoms with Crippen molar-refractivity contribution < 1.29 is 9.90 Å². The largest absolute Gasteiger partial charge is 0.481 e. The molecule has 2 unspecified atom stereocenters. The molecule has 70 valence electrons. The summed E-state index contributed by atoms with van der Waals surface area (Å²) in [6.45, 7) is 1.84. The zero-order valence-electron chi connectivity index (χ0n) is 7.58. The lowest BCUT2D eigenvalue weighted by atomic mass is 10.4. The van der Waals surface area contributed by atoms with E-state index < -0.39 is 5.97 Å². The van der Waals surface area contributed by atoms with Gasteiger partial charge in [-0.1, -0.05) is 0 Å². The van der Waals surface area contributed by atoms with E-state index in [4.69, 9.17) is 5.11 Å². The van der Waals surface area contributed by atoms with Crippen LogP contribution in [0.1, 0.15) is 6.42 Å². The van der Waals surface area contributed by atoms with Gasteiger partial charge in [0.2, 0.25) is 0 Å². The zero-order chi connectivity index (χ0) is 9.14. The van der Waals surface area contributed by atoms with Crippen molar-refractivity contribution in [3.8, 4) is 0 Å². The van der Waals surface area contributed by atoms with Crippen LogP contribution in [-0.4, -0.2) is 49.2 Å². The topological polar surface area (TPSA) is 52.6 Å². The van der Waals surface area contributed by atoms with Gasteiger partial charge in [0.15, 0.2) is 0 Å². The molecule has 0 aromatic rings. The Morgan fingerprint density at radius 2 is 2.33 bits per heavy atom. The standard InChI is InChI=1S/C8H16N2O2/c1-10(2)4-3-9-7-5-6(7)8(11)12/h6-7,9H,3-5H2,1-2H3,(H,11,12). The summed E-state index contributed by atoms with van der Waals surface area (Å²) in [4.78, 5) is 12.5. The van der Waals surface area contributed by atoms with Crippen molar-refractivity contribution in [2.75, 3.05) is 27.2 Å². The summed E-state index contributed by atoms with van der Waals surface area (Å²) in [5.41, 5.74) is 0. The molecule has 0 aliphatic heterocycles. The highest BCUT2D eigenvalue weighted by Gasteiger charge is 2.42. The van der Waals surface area contributed by atoms with Gasteiger partial charge >= 0.3 is 5.97 Å². The molecule has 0 aromatic carbocycles. The highest BCUT2D eigenvalue weighted by atomic mass is 16.4. The number of carboxylic acid groups (broad SMARTS) is 1. The fourth-order valence-corrected chi connectivity index (χ4v) is 1.17. The molecule has 1 saturated carbocycles. The first-order valence-corrected chi connectivity index (χ1v) is 4.22. The first kappa shape index (κ1) is 9.48. The Kier molecular flexibility index (Phi) is 3.05. The Labute approximate surface area is 72.6 Å². The molecule has 0 bridgehead atoms. The Hall–Kier alpha value is -0.610. The number of hydrogen-bond donors (Lipinski definition) is 2. The lowest BCUT2D eigenvalue weighted by molar-refractivity contribution is -0.138. The van der Waals surface area contributed by atoms with Crippen molar-refractivity contribution >= 4 is 5.97 Å². The molecule has 1 aliphatic rings. The normalized spacial score (nSPS) is 27.6. The molecule has 0 heterocycles. The third-order valence-electron chi connectivity index (χ3n) is 2.07. The van der Waals surface area contributed by atoms with Crippen LogP contribution < -0.4 is 5.32 Å². The van der Waals surface area contributed by atoms with Gasteiger partial charge in [-0.05, 0) is 20.5 Å². The quantitative estimate of drug-likeness (QED) is 0.593. The number of nitrogens with one attached hydrogen (secondary N) is 1. The Morgan fingerprint density at radius 3 is 2.75 bits per heavy atom.